The van der Waals surface area contributed by atoms with E-state index in [1.54, 1.807) is 19.2 Å². The molecule has 1 aromatic carbocycles. The van der Waals surface area contributed by atoms with Gasteiger partial charge in [-0.25, -0.2) is 4.79 Å². The Labute approximate surface area is 195 Å². The zero-order valence-electron chi connectivity index (χ0n) is 18.1. The summed E-state index contributed by atoms with van der Waals surface area (Å²) in [5, 5.41) is 23.5. The molecular formula is C25H25NO6S. The molecule has 0 bridgehead atoms. The second-order valence-corrected chi connectivity index (χ2v) is 8.45. The molecule has 0 spiro atoms. The number of phenolic OH excluding ortho intramolecular Hbond substituents is 1. The van der Waals surface area contributed by atoms with Crippen LogP contribution in [0.15, 0.2) is 59.3 Å². The Hall–Kier alpha value is -3.20. The summed E-state index contributed by atoms with van der Waals surface area (Å²) in [4.78, 5) is 16.0. The monoisotopic (exact) mass is 467 g/mol. The summed E-state index contributed by atoms with van der Waals surface area (Å²) < 4.78 is 17.2. The lowest BCUT2D eigenvalue weighted by Gasteiger charge is -2.28. The Morgan fingerprint density at radius 2 is 2.18 bits per heavy atom. The lowest BCUT2D eigenvalue weighted by molar-refractivity contribution is -0.131. The number of hydrogen-bond acceptors (Lipinski definition) is 7. The van der Waals surface area contributed by atoms with Crippen LogP contribution in [0.5, 0.6) is 11.5 Å². The van der Waals surface area contributed by atoms with Gasteiger partial charge in [0.25, 0.3) is 0 Å². The van der Waals surface area contributed by atoms with E-state index < -0.39 is 5.97 Å². The summed E-state index contributed by atoms with van der Waals surface area (Å²) in [6, 6.07) is 12.4. The average Bonchev–Trinajstić information content (AvgIpc) is 3.36. The molecular weight excluding hydrogens is 442 g/mol. The molecule has 172 valence electrons. The van der Waals surface area contributed by atoms with Crippen molar-refractivity contribution >= 4 is 22.9 Å². The molecule has 0 saturated carbocycles. The average molecular weight is 468 g/mol. The normalized spacial score (nSPS) is 18.8. The van der Waals surface area contributed by atoms with Gasteiger partial charge in [0.2, 0.25) is 0 Å². The molecule has 1 aliphatic heterocycles. The van der Waals surface area contributed by atoms with Crippen molar-refractivity contribution in [2.45, 2.75) is 31.7 Å². The van der Waals surface area contributed by atoms with Crippen LogP contribution in [0.2, 0.25) is 0 Å². The van der Waals surface area contributed by atoms with Crippen LogP contribution in [0.25, 0.3) is 5.57 Å². The Morgan fingerprint density at radius 1 is 1.30 bits per heavy atom. The molecule has 1 aliphatic rings. The van der Waals surface area contributed by atoms with E-state index in [0.717, 1.165) is 35.9 Å². The summed E-state index contributed by atoms with van der Waals surface area (Å²) >= 11 is 1.45. The van der Waals surface area contributed by atoms with Gasteiger partial charge in [-0.2, -0.15) is 11.3 Å². The third-order valence-electron chi connectivity index (χ3n) is 5.47. The molecule has 2 N–H and O–H groups in total. The molecule has 0 amide bonds. The minimum Gasteiger partial charge on any atom is -0.507 e. The fourth-order valence-corrected chi connectivity index (χ4v) is 4.44. The number of benzene rings is 1. The third-order valence-corrected chi connectivity index (χ3v) is 6.16. The molecule has 1 saturated heterocycles. The molecule has 1 fully saturated rings. The van der Waals surface area contributed by atoms with Crippen molar-refractivity contribution in [2.75, 3.05) is 13.7 Å². The molecule has 2 unspecified atom stereocenters. The van der Waals surface area contributed by atoms with Crippen LogP contribution < -0.4 is 4.74 Å². The minimum absolute atomic E-state index is 0.0610. The van der Waals surface area contributed by atoms with Crippen LogP contribution in [-0.4, -0.2) is 41.0 Å². The van der Waals surface area contributed by atoms with Crippen LogP contribution in [0, 0.1) is 0 Å². The first-order valence-corrected chi connectivity index (χ1v) is 11.5. The van der Waals surface area contributed by atoms with Gasteiger partial charge < -0.3 is 24.4 Å². The second-order valence-electron chi connectivity index (χ2n) is 7.67. The van der Waals surface area contributed by atoms with Gasteiger partial charge in [-0.15, -0.1) is 0 Å². The number of thiophene rings is 1. The fourth-order valence-electron chi connectivity index (χ4n) is 3.79. The zero-order chi connectivity index (χ0) is 23.2. The molecule has 8 heteroatoms. The number of phenols is 1. The van der Waals surface area contributed by atoms with Gasteiger partial charge in [-0.1, -0.05) is 6.07 Å². The number of aromatic nitrogens is 1. The van der Waals surface area contributed by atoms with Crippen molar-refractivity contribution in [3.05, 3.63) is 81.8 Å². The molecule has 33 heavy (non-hydrogen) atoms. The van der Waals surface area contributed by atoms with E-state index in [2.05, 4.69) is 4.98 Å². The van der Waals surface area contributed by atoms with Gasteiger partial charge in [0.15, 0.2) is 0 Å². The summed E-state index contributed by atoms with van der Waals surface area (Å²) in [5.74, 6) is -0.688. The number of carboxylic acid groups (broad SMARTS) is 1. The van der Waals surface area contributed by atoms with Gasteiger partial charge in [-0.3, -0.25) is 4.98 Å². The van der Waals surface area contributed by atoms with Gasteiger partial charge in [-0.05, 0) is 53.1 Å². The first-order chi connectivity index (χ1) is 16.0. The van der Waals surface area contributed by atoms with E-state index in [9.17, 15) is 15.0 Å². The number of nitrogens with zero attached hydrogens (tertiary/aromatic N) is 1. The van der Waals surface area contributed by atoms with Crippen LogP contribution >= 0.6 is 11.3 Å². The number of aromatic hydroxyl groups is 1. The van der Waals surface area contributed by atoms with Crippen molar-refractivity contribution in [1.29, 1.82) is 0 Å². The lowest BCUT2D eigenvalue weighted by atomic mass is 9.99. The molecule has 2 aromatic heterocycles. The van der Waals surface area contributed by atoms with E-state index in [1.165, 1.54) is 17.4 Å². The van der Waals surface area contributed by atoms with Crippen LogP contribution in [-0.2, 0) is 20.9 Å². The largest absolute Gasteiger partial charge is 0.507 e. The molecule has 0 radical (unpaired) electrons. The van der Waals surface area contributed by atoms with Crippen molar-refractivity contribution < 1.29 is 29.2 Å². The maximum Gasteiger partial charge on any atom is 0.328 e. The van der Waals surface area contributed by atoms with Crippen LogP contribution in [0.3, 0.4) is 0 Å². The van der Waals surface area contributed by atoms with Gasteiger partial charge in [0, 0.05) is 43.4 Å². The summed E-state index contributed by atoms with van der Waals surface area (Å²) in [7, 11) is 1.71. The van der Waals surface area contributed by atoms with E-state index in [4.69, 9.17) is 14.2 Å². The number of methoxy groups -OCH3 is 1. The highest BCUT2D eigenvalue weighted by Crippen LogP contribution is 2.34. The quantitative estimate of drug-likeness (QED) is 0.459. The number of aliphatic carboxylic acids is 1. The van der Waals surface area contributed by atoms with E-state index in [-0.39, 0.29) is 24.6 Å². The van der Waals surface area contributed by atoms with Crippen LogP contribution in [0.4, 0.5) is 0 Å². The number of hydrogen-bond donors (Lipinski definition) is 2. The second kappa shape index (κ2) is 10.6. The van der Waals surface area contributed by atoms with Gasteiger partial charge in [0.05, 0.1) is 17.5 Å². The Kier molecular flexibility index (Phi) is 7.39. The van der Waals surface area contributed by atoms with Crippen LogP contribution in [0.1, 0.15) is 41.5 Å². The number of carboxylic acids is 1. The zero-order valence-corrected chi connectivity index (χ0v) is 19.0. The number of pyridine rings is 1. The smallest absolute Gasteiger partial charge is 0.328 e. The van der Waals surface area contributed by atoms with Gasteiger partial charge in [0.1, 0.15) is 24.2 Å². The van der Waals surface area contributed by atoms with E-state index in [0.29, 0.717) is 23.5 Å². The third kappa shape index (κ3) is 5.78. The minimum atomic E-state index is -1.08. The van der Waals surface area contributed by atoms with Gasteiger partial charge >= 0.3 is 5.97 Å². The van der Waals surface area contributed by atoms with Crippen molar-refractivity contribution in [1.82, 2.24) is 4.98 Å². The summed E-state index contributed by atoms with van der Waals surface area (Å²) in [6.45, 7) is 0.857. The van der Waals surface area contributed by atoms with Crippen molar-refractivity contribution in [2.24, 2.45) is 0 Å². The van der Waals surface area contributed by atoms with E-state index >= 15 is 0 Å². The Morgan fingerprint density at radius 3 is 2.91 bits per heavy atom. The molecule has 4 rings (SSSR count). The molecule has 3 heterocycles. The maximum absolute atomic E-state index is 11.3. The SMILES string of the molecule is COC1CCOC(c2cccc(COc3ccc(/C(=C/C(=O)O)c4ccsc4)c(O)c3)n2)C1. The highest BCUT2D eigenvalue weighted by Gasteiger charge is 2.24. The first kappa shape index (κ1) is 23.0. The van der Waals surface area contributed by atoms with Crippen molar-refractivity contribution in [3.8, 4) is 11.5 Å². The van der Waals surface area contributed by atoms with Crippen molar-refractivity contribution in [3.63, 3.8) is 0 Å². The first-order valence-electron chi connectivity index (χ1n) is 10.6. The lowest BCUT2D eigenvalue weighted by Crippen LogP contribution is -2.25. The highest BCUT2D eigenvalue weighted by molar-refractivity contribution is 7.08. The number of rotatable bonds is 8. The Bertz CT molecular complexity index is 1130. The number of carbonyl (C=O) groups is 1. The maximum atomic E-state index is 11.3. The fraction of sp³-hybridized carbons (Fsp3) is 0.280. The molecule has 3 aromatic rings. The standard InChI is InChI=1S/C25H25NO6S/c1-30-18-7-9-31-24(12-18)22-4-2-3-17(26-22)14-32-19-5-6-20(23(27)11-19)21(13-25(28)29)16-8-10-33-15-16/h2-6,8,10-11,13,15,18,24,27H,7,9,12,14H2,1H3,(H,28,29)/b21-13+. The van der Waals surface area contributed by atoms with E-state index in [1.807, 2.05) is 35.0 Å². The molecule has 0 aliphatic carbocycles. The molecule has 2 atom stereocenters. The predicted octanol–water partition coefficient (Wildman–Crippen LogP) is 4.81. The topological polar surface area (TPSA) is 98.1 Å². The number of ether oxygens (including phenoxy) is 3. The highest BCUT2D eigenvalue weighted by atomic mass is 32.1. The summed E-state index contributed by atoms with van der Waals surface area (Å²) in [6.07, 6.45) is 2.80. The summed E-state index contributed by atoms with van der Waals surface area (Å²) in [5.41, 5.74) is 3.17. The predicted molar refractivity (Wildman–Crippen MR) is 124 cm³/mol. The Balaban J connectivity index is 1.46. The molecule has 7 nitrogen and oxygen atoms in total.